The van der Waals surface area contributed by atoms with Crippen LogP contribution in [0.5, 0.6) is 0 Å². The fourth-order valence-electron chi connectivity index (χ4n) is 1.80. The lowest BCUT2D eigenvalue weighted by atomic mass is 10.1. The van der Waals surface area contributed by atoms with Crippen LogP contribution in [-0.2, 0) is 16.4 Å². The van der Waals surface area contributed by atoms with Crippen LogP contribution in [-0.4, -0.2) is 18.4 Å². The molecule has 0 fully saturated rings. The Labute approximate surface area is 118 Å². The van der Waals surface area contributed by atoms with Gasteiger partial charge in [-0.05, 0) is 24.1 Å². The molecule has 2 N–H and O–H groups in total. The van der Waals surface area contributed by atoms with E-state index in [9.17, 15) is 8.42 Å². The molecule has 0 bridgehead atoms. The lowest BCUT2D eigenvalue weighted by molar-refractivity contribution is 0.598. The number of unbranched alkanes of at least 4 members (excludes halogenated alkanes) is 1. The molecule has 0 unspecified atom stereocenters. The second-order valence-corrected chi connectivity index (χ2v) is 6.12. The number of hydrogen-bond donors (Lipinski definition) is 1. The van der Waals surface area contributed by atoms with Crippen molar-refractivity contribution < 1.29 is 8.42 Å². The van der Waals surface area contributed by atoms with Crippen molar-refractivity contribution in [1.82, 2.24) is 9.97 Å². The zero-order chi connectivity index (χ0) is 14.6. The lowest BCUT2D eigenvalue weighted by Crippen LogP contribution is -2.11. The molecule has 1 aromatic carbocycles. The predicted molar refractivity (Wildman–Crippen MR) is 77.5 cm³/mol. The molecule has 2 aromatic rings. The van der Waals surface area contributed by atoms with E-state index in [1.54, 1.807) is 24.5 Å². The topological polar surface area (TPSA) is 85.9 Å². The van der Waals surface area contributed by atoms with Gasteiger partial charge in [0.2, 0.25) is 10.0 Å². The highest BCUT2D eigenvalue weighted by molar-refractivity contribution is 7.89. The normalized spacial score (nSPS) is 11.5. The maximum atomic E-state index is 11.2. The molecule has 0 spiro atoms. The summed E-state index contributed by atoms with van der Waals surface area (Å²) in [5.41, 5.74) is 1.71. The van der Waals surface area contributed by atoms with Crippen LogP contribution in [0.25, 0.3) is 11.1 Å². The van der Waals surface area contributed by atoms with Crippen molar-refractivity contribution in [1.29, 1.82) is 0 Å². The third kappa shape index (κ3) is 3.61. The van der Waals surface area contributed by atoms with Crippen molar-refractivity contribution in [3.05, 3.63) is 42.5 Å². The highest BCUT2D eigenvalue weighted by atomic mass is 32.2. The minimum atomic E-state index is -3.65. The molecule has 106 valence electrons. The highest BCUT2D eigenvalue weighted by Crippen LogP contribution is 2.19. The van der Waals surface area contributed by atoms with Crippen LogP contribution in [0.2, 0.25) is 0 Å². The van der Waals surface area contributed by atoms with Crippen molar-refractivity contribution in [3.63, 3.8) is 0 Å². The van der Waals surface area contributed by atoms with Crippen molar-refractivity contribution in [2.45, 2.75) is 31.1 Å². The number of rotatable bonds is 5. The average molecular weight is 291 g/mol. The summed E-state index contributed by atoms with van der Waals surface area (Å²) in [4.78, 5) is 8.72. The Balaban J connectivity index is 2.19. The number of sulfonamides is 1. The van der Waals surface area contributed by atoms with Gasteiger partial charge >= 0.3 is 0 Å². The summed E-state index contributed by atoms with van der Waals surface area (Å²) in [5.74, 6) is 0.830. The van der Waals surface area contributed by atoms with Gasteiger partial charge in [0.15, 0.2) is 0 Å². The van der Waals surface area contributed by atoms with Gasteiger partial charge in [-0.15, -0.1) is 0 Å². The number of benzene rings is 1. The Bertz CT molecular complexity index is 665. The second kappa shape index (κ2) is 6.11. The van der Waals surface area contributed by atoms with Crippen LogP contribution in [0.1, 0.15) is 25.6 Å². The third-order valence-corrected chi connectivity index (χ3v) is 3.90. The molecule has 0 aliphatic carbocycles. The van der Waals surface area contributed by atoms with Crippen molar-refractivity contribution in [2.24, 2.45) is 5.14 Å². The molecule has 1 aromatic heterocycles. The molecule has 0 aliphatic rings. The summed E-state index contributed by atoms with van der Waals surface area (Å²) in [6, 6.07) is 6.36. The van der Waals surface area contributed by atoms with E-state index in [1.807, 2.05) is 0 Å². The summed E-state index contributed by atoms with van der Waals surface area (Å²) in [6.45, 7) is 2.13. The van der Waals surface area contributed by atoms with Gasteiger partial charge in [0.25, 0.3) is 0 Å². The van der Waals surface area contributed by atoms with E-state index < -0.39 is 10.0 Å². The molecule has 0 saturated carbocycles. The largest absolute Gasteiger partial charge is 0.241 e. The molecule has 6 heteroatoms. The van der Waals surface area contributed by atoms with Gasteiger partial charge in [-0.1, -0.05) is 25.5 Å². The van der Waals surface area contributed by atoms with E-state index in [4.69, 9.17) is 5.14 Å². The maximum absolute atomic E-state index is 11.2. The number of primary sulfonamides is 1. The van der Waals surface area contributed by atoms with Gasteiger partial charge in [-0.25, -0.2) is 23.5 Å². The average Bonchev–Trinajstić information content (AvgIpc) is 2.45. The number of nitrogens with two attached hydrogens (primary N) is 1. The summed E-state index contributed by atoms with van der Waals surface area (Å²) in [5, 5.41) is 5.06. The first-order chi connectivity index (χ1) is 9.50. The summed E-state index contributed by atoms with van der Waals surface area (Å²) in [7, 11) is -3.65. The van der Waals surface area contributed by atoms with Crippen LogP contribution < -0.4 is 5.14 Å². The standard InChI is InChI=1S/C14H17N3O2S/c1-2-3-4-14-16-9-12(10-17-14)11-5-7-13(8-6-11)20(15,18)19/h5-10H,2-4H2,1H3,(H2,15,18,19). The van der Waals surface area contributed by atoms with Crippen LogP contribution in [0.4, 0.5) is 0 Å². The molecule has 2 rings (SSSR count). The SMILES string of the molecule is CCCCc1ncc(-c2ccc(S(N)(=O)=O)cc2)cn1. The van der Waals surface area contributed by atoms with Crippen molar-refractivity contribution in [3.8, 4) is 11.1 Å². The Morgan fingerprint density at radius 1 is 1.05 bits per heavy atom. The van der Waals surface area contributed by atoms with Crippen LogP contribution in [0.3, 0.4) is 0 Å². The number of aryl methyl sites for hydroxylation is 1. The fourth-order valence-corrected chi connectivity index (χ4v) is 2.32. The molecule has 0 aliphatic heterocycles. The quantitative estimate of drug-likeness (QED) is 0.914. The molecule has 0 saturated heterocycles. The summed E-state index contributed by atoms with van der Waals surface area (Å²) < 4.78 is 22.4. The number of nitrogens with zero attached hydrogens (tertiary/aromatic N) is 2. The maximum Gasteiger partial charge on any atom is 0.238 e. The van der Waals surface area contributed by atoms with E-state index in [2.05, 4.69) is 16.9 Å². The Hall–Kier alpha value is -1.79. The molecule has 0 radical (unpaired) electrons. The minimum absolute atomic E-state index is 0.0988. The van der Waals surface area contributed by atoms with Gasteiger partial charge in [-0.2, -0.15) is 0 Å². The fraction of sp³-hybridized carbons (Fsp3) is 0.286. The minimum Gasteiger partial charge on any atom is -0.241 e. The predicted octanol–water partition coefficient (Wildman–Crippen LogP) is 2.13. The molecule has 1 heterocycles. The van der Waals surface area contributed by atoms with E-state index in [0.717, 1.165) is 36.2 Å². The Morgan fingerprint density at radius 2 is 1.65 bits per heavy atom. The van der Waals surface area contributed by atoms with Crippen LogP contribution in [0, 0.1) is 0 Å². The molecular formula is C14H17N3O2S. The summed E-state index contributed by atoms with van der Waals surface area (Å²) >= 11 is 0. The molecule has 0 amide bonds. The zero-order valence-corrected chi connectivity index (χ0v) is 12.1. The van der Waals surface area contributed by atoms with Crippen LogP contribution in [0.15, 0.2) is 41.6 Å². The molecule has 5 nitrogen and oxygen atoms in total. The molecule has 20 heavy (non-hydrogen) atoms. The third-order valence-electron chi connectivity index (χ3n) is 2.98. The van der Waals surface area contributed by atoms with E-state index >= 15 is 0 Å². The van der Waals surface area contributed by atoms with Gasteiger partial charge < -0.3 is 0 Å². The number of aromatic nitrogens is 2. The number of hydrogen-bond acceptors (Lipinski definition) is 4. The van der Waals surface area contributed by atoms with Gasteiger partial charge in [0.05, 0.1) is 4.90 Å². The molecule has 0 atom stereocenters. The van der Waals surface area contributed by atoms with Gasteiger partial charge in [0, 0.05) is 24.4 Å². The second-order valence-electron chi connectivity index (χ2n) is 4.56. The summed E-state index contributed by atoms with van der Waals surface area (Å²) in [6.07, 6.45) is 6.57. The Morgan fingerprint density at radius 3 is 2.15 bits per heavy atom. The molecular weight excluding hydrogens is 274 g/mol. The smallest absolute Gasteiger partial charge is 0.238 e. The van der Waals surface area contributed by atoms with E-state index in [-0.39, 0.29) is 4.90 Å². The van der Waals surface area contributed by atoms with Crippen molar-refractivity contribution >= 4 is 10.0 Å². The first kappa shape index (κ1) is 14.6. The Kier molecular flexibility index (Phi) is 4.46. The monoisotopic (exact) mass is 291 g/mol. The first-order valence-electron chi connectivity index (χ1n) is 6.45. The van der Waals surface area contributed by atoms with E-state index in [0.29, 0.717) is 0 Å². The van der Waals surface area contributed by atoms with Gasteiger partial charge in [0.1, 0.15) is 5.82 Å². The zero-order valence-electron chi connectivity index (χ0n) is 11.3. The highest BCUT2D eigenvalue weighted by Gasteiger charge is 2.07. The lowest BCUT2D eigenvalue weighted by Gasteiger charge is -2.04. The van der Waals surface area contributed by atoms with Crippen LogP contribution >= 0.6 is 0 Å². The van der Waals surface area contributed by atoms with Crippen molar-refractivity contribution in [2.75, 3.05) is 0 Å². The van der Waals surface area contributed by atoms with E-state index in [1.165, 1.54) is 12.1 Å². The van der Waals surface area contributed by atoms with Gasteiger partial charge in [-0.3, -0.25) is 0 Å². The first-order valence-corrected chi connectivity index (χ1v) is 7.99.